The molecule has 1 fully saturated rings. The molecule has 1 saturated heterocycles. The normalized spacial score (nSPS) is 19.7. The molecule has 0 aromatic heterocycles. The second-order valence-electron chi connectivity index (χ2n) is 5.66. The molecular formula is C17H28N2. The van der Waals surface area contributed by atoms with Crippen molar-refractivity contribution >= 4 is 5.69 Å². The molecule has 1 aromatic carbocycles. The van der Waals surface area contributed by atoms with Crippen LogP contribution in [0.1, 0.15) is 50.7 Å². The first-order chi connectivity index (χ1) is 9.26. The third-order valence-corrected chi connectivity index (χ3v) is 4.21. The molecule has 1 aliphatic heterocycles. The Hall–Kier alpha value is -1.02. The lowest BCUT2D eigenvalue weighted by Gasteiger charge is -2.38. The zero-order chi connectivity index (χ0) is 13.7. The van der Waals surface area contributed by atoms with Crippen molar-refractivity contribution in [2.24, 2.45) is 0 Å². The van der Waals surface area contributed by atoms with Crippen LogP contribution in [-0.4, -0.2) is 19.1 Å². The lowest BCUT2D eigenvalue weighted by Crippen LogP contribution is -2.40. The van der Waals surface area contributed by atoms with Crippen LogP contribution in [0.5, 0.6) is 0 Å². The van der Waals surface area contributed by atoms with Crippen LogP contribution in [-0.2, 0) is 6.54 Å². The molecule has 106 valence electrons. The van der Waals surface area contributed by atoms with Crippen LogP contribution >= 0.6 is 0 Å². The second kappa shape index (κ2) is 6.95. The highest BCUT2D eigenvalue weighted by Gasteiger charge is 2.22. The van der Waals surface area contributed by atoms with Gasteiger partial charge in [0.25, 0.3) is 0 Å². The molecule has 1 unspecified atom stereocenters. The maximum absolute atomic E-state index is 3.48. The molecule has 0 aliphatic carbocycles. The van der Waals surface area contributed by atoms with Crippen molar-refractivity contribution in [3.63, 3.8) is 0 Å². The predicted octanol–water partition coefficient (Wildman–Crippen LogP) is 3.87. The molecule has 1 atom stereocenters. The summed E-state index contributed by atoms with van der Waals surface area (Å²) in [6.07, 6.45) is 5.34. The number of benzene rings is 1. The highest BCUT2D eigenvalue weighted by molar-refractivity contribution is 5.56. The molecule has 0 amide bonds. The maximum Gasteiger partial charge on any atom is 0.0414 e. The highest BCUT2D eigenvalue weighted by Crippen LogP contribution is 2.30. The van der Waals surface area contributed by atoms with Gasteiger partial charge in [-0.2, -0.15) is 0 Å². The van der Waals surface area contributed by atoms with Gasteiger partial charge < -0.3 is 10.2 Å². The summed E-state index contributed by atoms with van der Waals surface area (Å²) in [7, 11) is 0. The fourth-order valence-corrected chi connectivity index (χ4v) is 3.14. The molecule has 2 nitrogen and oxygen atoms in total. The number of hydrogen-bond donors (Lipinski definition) is 1. The van der Waals surface area contributed by atoms with Gasteiger partial charge in [-0.3, -0.25) is 0 Å². The van der Waals surface area contributed by atoms with Crippen molar-refractivity contribution in [2.45, 2.75) is 59.0 Å². The van der Waals surface area contributed by atoms with Crippen LogP contribution in [0.25, 0.3) is 0 Å². The fraction of sp³-hybridized carbons (Fsp3) is 0.647. The Bertz CT molecular complexity index is 400. The fourth-order valence-electron chi connectivity index (χ4n) is 3.14. The number of hydrogen-bond acceptors (Lipinski definition) is 2. The average Bonchev–Trinajstić information content (AvgIpc) is 2.45. The third kappa shape index (κ3) is 3.50. The van der Waals surface area contributed by atoms with Crippen molar-refractivity contribution in [3.05, 3.63) is 29.3 Å². The van der Waals surface area contributed by atoms with E-state index in [4.69, 9.17) is 0 Å². The smallest absolute Gasteiger partial charge is 0.0414 e. The van der Waals surface area contributed by atoms with Gasteiger partial charge in [0.1, 0.15) is 0 Å². The van der Waals surface area contributed by atoms with Gasteiger partial charge in [-0.1, -0.05) is 31.5 Å². The van der Waals surface area contributed by atoms with Gasteiger partial charge >= 0.3 is 0 Å². The third-order valence-electron chi connectivity index (χ3n) is 4.21. The van der Waals surface area contributed by atoms with Crippen molar-refractivity contribution in [3.8, 4) is 0 Å². The monoisotopic (exact) mass is 260 g/mol. The van der Waals surface area contributed by atoms with Crippen molar-refractivity contribution in [1.82, 2.24) is 5.32 Å². The van der Waals surface area contributed by atoms with Crippen LogP contribution in [0.4, 0.5) is 5.69 Å². The van der Waals surface area contributed by atoms with Gasteiger partial charge in [0.05, 0.1) is 0 Å². The lowest BCUT2D eigenvalue weighted by atomic mass is 9.97. The van der Waals surface area contributed by atoms with E-state index in [9.17, 15) is 0 Å². The predicted molar refractivity (Wildman–Crippen MR) is 83.8 cm³/mol. The van der Waals surface area contributed by atoms with Gasteiger partial charge in [-0.15, -0.1) is 0 Å². The van der Waals surface area contributed by atoms with Crippen LogP contribution in [0.15, 0.2) is 18.2 Å². The molecule has 0 bridgehead atoms. The first-order valence-electron chi connectivity index (χ1n) is 7.83. The van der Waals surface area contributed by atoms with Crippen LogP contribution in [0.2, 0.25) is 0 Å². The zero-order valence-corrected chi connectivity index (χ0v) is 12.7. The number of piperidine rings is 1. The summed E-state index contributed by atoms with van der Waals surface area (Å²) in [4.78, 5) is 2.65. The molecule has 2 rings (SSSR count). The summed E-state index contributed by atoms with van der Waals surface area (Å²) in [6, 6.07) is 7.67. The van der Waals surface area contributed by atoms with Crippen LogP contribution < -0.4 is 10.2 Å². The Morgan fingerprint density at radius 1 is 1.26 bits per heavy atom. The first kappa shape index (κ1) is 14.4. The van der Waals surface area contributed by atoms with Crippen LogP contribution in [0, 0.1) is 6.92 Å². The van der Waals surface area contributed by atoms with E-state index in [-0.39, 0.29) is 0 Å². The van der Waals surface area contributed by atoms with Crippen molar-refractivity contribution < 1.29 is 0 Å². The molecule has 2 heteroatoms. The van der Waals surface area contributed by atoms with Gasteiger partial charge in [0.2, 0.25) is 0 Å². The molecule has 1 heterocycles. The Morgan fingerprint density at radius 2 is 2.11 bits per heavy atom. The molecule has 0 saturated carbocycles. The zero-order valence-electron chi connectivity index (χ0n) is 12.7. The summed E-state index contributed by atoms with van der Waals surface area (Å²) < 4.78 is 0. The summed E-state index contributed by atoms with van der Waals surface area (Å²) in [5.74, 6) is 0. The van der Waals surface area contributed by atoms with Gasteiger partial charge in [0, 0.05) is 24.8 Å². The standard InChI is InChI=1S/C17H28N2/c1-4-16-8-6-7-11-19(16)17-10-9-14(3)12-15(17)13-18-5-2/h9-10,12,16,18H,4-8,11,13H2,1-3H3. The topological polar surface area (TPSA) is 15.3 Å². The second-order valence-corrected chi connectivity index (χ2v) is 5.66. The summed E-state index contributed by atoms with van der Waals surface area (Å²) in [5, 5.41) is 3.48. The quantitative estimate of drug-likeness (QED) is 0.864. The molecule has 1 aromatic rings. The van der Waals surface area contributed by atoms with E-state index in [1.54, 1.807) is 0 Å². The average molecular weight is 260 g/mol. The minimum absolute atomic E-state index is 0.733. The number of aryl methyl sites for hydroxylation is 1. The number of nitrogens with one attached hydrogen (secondary N) is 1. The summed E-state index contributed by atoms with van der Waals surface area (Å²) in [5.41, 5.74) is 4.28. The van der Waals surface area contributed by atoms with E-state index in [1.165, 1.54) is 49.0 Å². The molecule has 1 N–H and O–H groups in total. The minimum atomic E-state index is 0.733. The molecule has 0 spiro atoms. The molecule has 1 aliphatic rings. The molecular weight excluding hydrogens is 232 g/mol. The van der Waals surface area contributed by atoms with Crippen molar-refractivity contribution in [2.75, 3.05) is 18.0 Å². The SMILES string of the molecule is CCNCc1cc(C)ccc1N1CCCCC1CC. The summed E-state index contributed by atoms with van der Waals surface area (Å²) >= 11 is 0. The Labute approximate surface area is 118 Å². The van der Waals surface area contributed by atoms with E-state index in [2.05, 4.69) is 49.2 Å². The van der Waals surface area contributed by atoms with Crippen LogP contribution in [0.3, 0.4) is 0 Å². The van der Waals surface area contributed by atoms with E-state index >= 15 is 0 Å². The van der Waals surface area contributed by atoms with Crippen molar-refractivity contribution in [1.29, 1.82) is 0 Å². The number of rotatable bonds is 5. The minimum Gasteiger partial charge on any atom is -0.368 e. The first-order valence-corrected chi connectivity index (χ1v) is 7.83. The van der Waals surface area contributed by atoms with E-state index in [1.807, 2.05) is 0 Å². The Morgan fingerprint density at radius 3 is 2.84 bits per heavy atom. The largest absolute Gasteiger partial charge is 0.368 e. The van der Waals surface area contributed by atoms with Gasteiger partial charge in [-0.05, 0) is 50.8 Å². The van der Waals surface area contributed by atoms with E-state index in [0.29, 0.717) is 0 Å². The number of nitrogens with zero attached hydrogens (tertiary/aromatic N) is 1. The Kier molecular flexibility index (Phi) is 5.26. The Balaban J connectivity index is 2.25. The summed E-state index contributed by atoms with van der Waals surface area (Å²) in [6.45, 7) is 9.92. The van der Waals surface area contributed by atoms with E-state index < -0.39 is 0 Å². The van der Waals surface area contributed by atoms with Gasteiger partial charge in [0.15, 0.2) is 0 Å². The molecule has 19 heavy (non-hydrogen) atoms. The van der Waals surface area contributed by atoms with E-state index in [0.717, 1.165) is 19.1 Å². The highest BCUT2D eigenvalue weighted by atomic mass is 15.2. The number of anilines is 1. The maximum atomic E-state index is 3.48. The molecule has 0 radical (unpaired) electrons. The lowest BCUT2D eigenvalue weighted by molar-refractivity contribution is 0.448. The van der Waals surface area contributed by atoms with Gasteiger partial charge in [-0.25, -0.2) is 0 Å².